The van der Waals surface area contributed by atoms with Crippen LogP contribution in [0, 0.1) is 5.92 Å². The van der Waals surface area contributed by atoms with Gasteiger partial charge in [-0.3, -0.25) is 0 Å². The average Bonchev–Trinajstić information content (AvgIpc) is 2.87. The van der Waals surface area contributed by atoms with Crippen molar-refractivity contribution in [2.24, 2.45) is 11.7 Å². The van der Waals surface area contributed by atoms with Crippen molar-refractivity contribution in [3.8, 4) is 0 Å². The van der Waals surface area contributed by atoms with Crippen LogP contribution in [0.1, 0.15) is 50.1 Å². The molecule has 98 valence electrons. The smallest absolute Gasteiger partial charge is 0.115 e. The third kappa shape index (κ3) is 2.27. The van der Waals surface area contributed by atoms with Gasteiger partial charge in [-0.25, -0.2) is 9.97 Å². The maximum absolute atomic E-state index is 6.39. The Hall–Kier alpha value is -1.00. The van der Waals surface area contributed by atoms with Crippen LogP contribution in [0.25, 0.3) is 0 Å². The molecule has 1 aromatic heterocycles. The normalized spacial score (nSPS) is 28.4. The van der Waals surface area contributed by atoms with Gasteiger partial charge in [0.15, 0.2) is 0 Å². The molecule has 4 heteroatoms. The summed E-state index contributed by atoms with van der Waals surface area (Å²) in [5.74, 6) is 0.503. The lowest BCUT2D eigenvalue weighted by atomic mass is 9.79. The Morgan fingerprint density at radius 2 is 2.00 bits per heavy atom. The minimum Gasteiger partial charge on any atom is -0.375 e. The molecule has 18 heavy (non-hydrogen) atoms. The first kappa shape index (κ1) is 12.1. The van der Waals surface area contributed by atoms with Gasteiger partial charge in [0.25, 0.3) is 0 Å². The van der Waals surface area contributed by atoms with Crippen LogP contribution in [0.2, 0.25) is 0 Å². The number of hydrogen-bond acceptors (Lipinski definition) is 4. The van der Waals surface area contributed by atoms with Crippen molar-refractivity contribution in [1.29, 1.82) is 0 Å². The van der Waals surface area contributed by atoms with Crippen LogP contribution < -0.4 is 5.73 Å². The van der Waals surface area contributed by atoms with Crippen LogP contribution in [0.5, 0.6) is 0 Å². The van der Waals surface area contributed by atoms with E-state index in [-0.39, 0.29) is 11.6 Å². The highest BCUT2D eigenvalue weighted by Crippen LogP contribution is 2.44. The van der Waals surface area contributed by atoms with Gasteiger partial charge in [0.2, 0.25) is 0 Å². The maximum atomic E-state index is 6.39. The number of ether oxygens (including phenoxy) is 1. The molecular weight excluding hydrogens is 226 g/mol. The van der Waals surface area contributed by atoms with E-state index in [0.717, 1.165) is 25.0 Å². The van der Waals surface area contributed by atoms with Gasteiger partial charge in [-0.05, 0) is 31.6 Å². The molecule has 2 fully saturated rings. The van der Waals surface area contributed by atoms with Crippen molar-refractivity contribution in [1.82, 2.24) is 9.97 Å². The van der Waals surface area contributed by atoms with Crippen molar-refractivity contribution < 1.29 is 4.74 Å². The lowest BCUT2D eigenvalue weighted by Gasteiger charge is -2.40. The van der Waals surface area contributed by atoms with Gasteiger partial charge >= 0.3 is 0 Å². The van der Waals surface area contributed by atoms with E-state index < -0.39 is 0 Å². The summed E-state index contributed by atoms with van der Waals surface area (Å²) in [5.41, 5.74) is 7.57. The van der Waals surface area contributed by atoms with E-state index in [2.05, 4.69) is 9.97 Å². The summed E-state index contributed by atoms with van der Waals surface area (Å²) in [6.07, 6.45) is 12.4. The first-order chi connectivity index (χ1) is 8.79. The number of nitrogens with zero attached hydrogens (tertiary/aromatic N) is 2. The number of nitrogens with two attached hydrogens (primary N) is 1. The van der Waals surface area contributed by atoms with Crippen LogP contribution in [-0.2, 0) is 4.74 Å². The van der Waals surface area contributed by atoms with E-state index in [9.17, 15) is 0 Å². The maximum Gasteiger partial charge on any atom is 0.115 e. The molecule has 2 N–H and O–H groups in total. The molecular formula is C14H21N3O. The monoisotopic (exact) mass is 247 g/mol. The van der Waals surface area contributed by atoms with E-state index in [4.69, 9.17) is 10.5 Å². The van der Waals surface area contributed by atoms with E-state index in [1.54, 1.807) is 6.33 Å². The summed E-state index contributed by atoms with van der Waals surface area (Å²) in [7, 11) is 0. The summed E-state index contributed by atoms with van der Waals surface area (Å²) in [6, 6.07) is 0.0487. The van der Waals surface area contributed by atoms with Crippen LogP contribution in [0.15, 0.2) is 18.7 Å². The number of hydrogen-bond donors (Lipinski definition) is 1. The zero-order valence-corrected chi connectivity index (χ0v) is 10.7. The van der Waals surface area contributed by atoms with E-state index in [1.165, 1.54) is 25.7 Å². The molecule has 1 aromatic rings. The van der Waals surface area contributed by atoms with Gasteiger partial charge in [0, 0.05) is 30.6 Å². The fraction of sp³-hybridized carbons (Fsp3) is 0.714. The Bertz CT molecular complexity index is 389. The molecule has 1 saturated heterocycles. The predicted octanol–water partition coefficient (Wildman–Crippen LogP) is 2.22. The van der Waals surface area contributed by atoms with Crippen molar-refractivity contribution in [2.45, 2.75) is 50.2 Å². The molecule has 1 aliphatic heterocycles. The Kier molecular flexibility index (Phi) is 3.31. The molecule has 0 aromatic carbocycles. The molecule has 2 atom stereocenters. The summed E-state index contributed by atoms with van der Waals surface area (Å²) in [6.45, 7) is 0.853. The van der Waals surface area contributed by atoms with Crippen molar-refractivity contribution in [3.05, 3.63) is 24.3 Å². The van der Waals surface area contributed by atoms with Gasteiger partial charge < -0.3 is 10.5 Å². The summed E-state index contributed by atoms with van der Waals surface area (Å²) >= 11 is 0. The largest absolute Gasteiger partial charge is 0.375 e. The van der Waals surface area contributed by atoms with Gasteiger partial charge in [-0.2, -0.15) is 0 Å². The Morgan fingerprint density at radius 3 is 2.72 bits per heavy atom. The third-order valence-electron chi connectivity index (χ3n) is 4.52. The lowest BCUT2D eigenvalue weighted by Crippen LogP contribution is -2.40. The van der Waals surface area contributed by atoms with E-state index in [1.807, 2.05) is 12.4 Å². The molecule has 2 aliphatic rings. The van der Waals surface area contributed by atoms with Crippen LogP contribution >= 0.6 is 0 Å². The molecule has 2 heterocycles. The predicted molar refractivity (Wildman–Crippen MR) is 68.8 cm³/mol. The second-order valence-electron chi connectivity index (χ2n) is 5.69. The Balaban J connectivity index is 1.72. The standard InChI is InChI=1S/C14H21N3O/c15-13(12-8-16-10-17-9-12)11-3-6-18-14(7-11)4-1-2-5-14/h8-11,13H,1-7,15H2. The first-order valence-electron chi connectivity index (χ1n) is 6.94. The molecule has 1 spiro atoms. The molecule has 4 nitrogen and oxygen atoms in total. The van der Waals surface area contributed by atoms with E-state index >= 15 is 0 Å². The minimum absolute atomic E-state index is 0.0487. The molecule has 0 bridgehead atoms. The van der Waals surface area contributed by atoms with E-state index in [0.29, 0.717) is 5.92 Å². The van der Waals surface area contributed by atoms with Crippen LogP contribution in [0.4, 0.5) is 0 Å². The second-order valence-corrected chi connectivity index (χ2v) is 5.69. The van der Waals surface area contributed by atoms with Crippen LogP contribution in [-0.4, -0.2) is 22.2 Å². The van der Waals surface area contributed by atoms with Crippen molar-refractivity contribution >= 4 is 0 Å². The average molecular weight is 247 g/mol. The molecule has 0 radical (unpaired) electrons. The van der Waals surface area contributed by atoms with Gasteiger partial charge in [0.1, 0.15) is 6.33 Å². The molecule has 3 rings (SSSR count). The minimum atomic E-state index is 0.0487. The molecule has 0 amide bonds. The van der Waals surface area contributed by atoms with Gasteiger partial charge in [0.05, 0.1) is 5.60 Å². The van der Waals surface area contributed by atoms with Gasteiger partial charge in [-0.1, -0.05) is 12.8 Å². The van der Waals surface area contributed by atoms with Crippen LogP contribution in [0.3, 0.4) is 0 Å². The third-order valence-corrected chi connectivity index (χ3v) is 4.52. The molecule has 2 unspecified atom stereocenters. The molecule has 1 saturated carbocycles. The first-order valence-corrected chi connectivity index (χ1v) is 6.94. The summed E-state index contributed by atoms with van der Waals surface area (Å²) < 4.78 is 6.06. The quantitative estimate of drug-likeness (QED) is 0.870. The zero-order chi connectivity index (χ0) is 12.4. The SMILES string of the molecule is NC(c1cncnc1)C1CCOC2(CCCC2)C1. The summed E-state index contributed by atoms with van der Waals surface area (Å²) in [4.78, 5) is 8.13. The Labute approximate surface area is 108 Å². The fourth-order valence-electron chi connectivity index (χ4n) is 3.49. The van der Waals surface area contributed by atoms with Crippen molar-refractivity contribution in [2.75, 3.05) is 6.61 Å². The zero-order valence-electron chi connectivity index (χ0n) is 10.7. The molecule has 1 aliphatic carbocycles. The fourth-order valence-corrected chi connectivity index (χ4v) is 3.49. The number of rotatable bonds is 2. The number of aromatic nitrogens is 2. The highest BCUT2D eigenvalue weighted by molar-refractivity contribution is 5.11. The van der Waals surface area contributed by atoms with Gasteiger partial charge in [-0.15, -0.1) is 0 Å². The van der Waals surface area contributed by atoms with Crippen molar-refractivity contribution in [3.63, 3.8) is 0 Å². The highest BCUT2D eigenvalue weighted by Gasteiger charge is 2.41. The lowest BCUT2D eigenvalue weighted by molar-refractivity contribution is -0.0964. The highest BCUT2D eigenvalue weighted by atomic mass is 16.5. The second kappa shape index (κ2) is 4.94. The summed E-state index contributed by atoms with van der Waals surface area (Å²) in [5, 5.41) is 0. The topological polar surface area (TPSA) is 61.0 Å². The Morgan fingerprint density at radius 1 is 1.28 bits per heavy atom.